The Morgan fingerprint density at radius 2 is 0.780 bits per heavy atom. The number of hydrogen-bond acceptors (Lipinski definition) is 1. The van der Waals surface area contributed by atoms with Crippen LogP contribution in [0.4, 0.5) is 17.1 Å². The second-order valence-corrected chi connectivity index (χ2v) is 12.6. The highest BCUT2D eigenvalue weighted by atomic mass is 15.1. The van der Waals surface area contributed by atoms with Crippen molar-refractivity contribution >= 4 is 38.9 Å². The van der Waals surface area contributed by atoms with Gasteiger partial charge in [-0.05, 0) is 94.0 Å². The van der Waals surface area contributed by atoms with E-state index in [0.29, 0.717) is 0 Å². The monoisotopic (exact) mass is 638 g/mol. The van der Waals surface area contributed by atoms with Crippen LogP contribution in [0.15, 0.2) is 206 Å². The van der Waals surface area contributed by atoms with Crippen molar-refractivity contribution in [3.63, 3.8) is 0 Å². The number of nitrogens with zero attached hydrogens (tertiary/aromatic N) is 2. The van der Waals surface area contributed by atoms with E-state index in [1.54, 1.807) is 0 Å². The van der Waals surface area contributed by atoms with Gasteiger partial charge in [0.25, 0.3) is 0 Å². The quantitative estimate of drug-likeness (QED) is 0.169. The zero-order chi connectivity index (χ0) is 33.3. The van der Waals surface area contributed by atoms with E-state index in [-0.39, 0.29) is 0 Å². The molecule has 1 heterocycles. The van der Waals surface area contributed by atoms with Crippen molar-refractivity contribution in [2.45, 2.75) is 0 Å². The van der Waals surface area contributed by atoms with E-state index in [1.165, 1.54) is 55.2 Å². The van der Waals surface area contributed by atoms with Gasteiger partial charge >= 0.3 is 0 Å². The molecule has 0 saturated heterocycles. The fourth-order valence-electron chi connectivity index (χ4n) is 7.23. The number of aromatic nitrogens is 1. The first-order valence-electron chi connectivity index (χ1n) is 17.1. The molecule has 8 aromatic carbocycles. The van der Waals surface area contributed by atoms with Crippen molar-refractivity contribution in [1.82, 2.24) is 4.57 Å². The van der Waals surface area contributed by atoms with Crippen LogP contribution in [0.3, 0.4) is 0 Å². The SMILES string of the molecule is c1ccc(-c2ccc(N(c3ccc(-c4ccccc4)cc3)c3ccc4c(c3)c3c(-c5ccccc5)cccc3n4-c3ccccc3)cc2)cc1. The van der Waals surface area contributed by atoms with Gasteiger partial charge in [-0.25, -0.2) is 0 Å². The molecule has 0 amide bonds. The standard InChI is InChI=1S/C48H34N2/c1-5-14-35(15-6-1)37-24-28-41(29-25-37)49(42-30-26-38(27-31-42)36-16-7-2-8-17-36)43-32-33-46-45(34-43)48-44(39-18-9-3-10-19-39)22-13-23-47(48)50(46)40-20-11-4-12-21-40/h1-34H. The maximum Gasteiger partial charge on any atom is 0.0547 e. The molecule has 0 saturated carbocycles. The Labute approximate surface area is 292 Å². The Morgan fingerprint density at radius 1 is 0.320 bits per heavy atom. The number of hydrogen-bond donors (Lipinski definition) is 0. The molecule has 2 heteroatoms. The lowest BCUT2D eigenvalue weighted by molar-refractivity contribution is 1.18. The third kappa shape index (κ3) is 5.34. The van der Waals surface area contributed by atoms with Gasteiger partial charge in [-0.3, -0.25) is 0 Å². The summed E-state index contributed by atoms with van der Waals surface area (Å²) in [6.07, 6.45) is 0. The third-order valence-corrected chi connectivity index (χ3v) is 9.60. The summed E-state index contributed by atoms with van der Waals surface area (Å²) < 4.78 is 2.40. The van der Waals surface area contributed by atoms with E-state index in [9.17, 15) is 0 Å². The van der Waals surface area contributed by atoms with Gasteiger partial charge in [0.05, 0.1) is 11.0 Å². The molecule has 0 N–H and O–H groups in total. The smallest absolute Gasteiger partial charge is 0.0547 e. The van der Waals surface area contributed by atoms with Crippen molar-refractivity contribution in [2.24, 2.45) is 0 Å². The molecular weight excluding hydrogens is 605 g/mol. The van der Waals surface area contributed by atoms with Crippen LogP contribution >= 0.6 is 0 Å². The van der Waals surface area contributed by atoms with Gasteiger partial charge in [0.2, 0.25) is 0 Å². The summed E-state index contributed by atoms with van der Waals surface area (Å²) in [5, 5.41) is 2.46. The van der Waals surface area contributed by atoms with E-state index in [1.807, 2.05) is 0 Å². The molecule has 0 fully saturated rings. The normalized spacial score (nSPS) is 11.2. The van der Waals surface area contributed by atoms with Gasteiger partial charge < -0.3 is 9.47 Å². The van der Waals surface area contributed by atoms with Gasteiger partial charge in [0.15, 0.2) is 0 Å². The number of rotatable bonds is 7. The summed E-state index contributed by atoms with van der Waals surface area (Å²) in [6.45, 7) is 0. The van der Waals surface area contributed by atoms with Crippen molar-refractivity contribution in [1.29, 1.82) is 0 Å². The lowest BCUT2D eigenvalue weighted by Gasteiger charge is -2.26. The summed E-state index contributed by atoms with van der Waals surface area (Å²) in [5.74, 6) is 0. The van der Waals surface area contributed by atoms with Crippen LogP contribution in [-0.4, -0.2) is 4.57 Å². The summed E-state index contributed by atoms with van der Waals surface area (Å²) >= 11 is 0. The first kappa shape index (κ1) is 29.5. The van der Waals surface area contributed by atoms with Gasteiger partial charge in [0, 0.05) is 33.5 Å². The summed E-state index contributed by atoms with van der Waals surface area (Å²) in [6, 6.07) is 74.0. The zero-order valence-electron chi connectivity index (χ0n) is 27.5. The topological polar surface area (TPSA) is 8.17 Å². The Morgan fingerprint density at radius 3 is 1.32 bits per heavy atom. The molecule has 9 aromatic rings. The molecule has 0 aliphatic heterocycles. The highest BCUT2D eigenvalue weighted by Crippen LogP contribution is 2.43. The van der Waals surface area contributed by atoms with Crippen molar-refractivity contribution in [3.05, 3.63) is 206 Å². The van der Waals surface area contributed by atoms with Gasteiger partial charge in [-0.1, -0.05) is 146 Å². The predicted molar refractivity (Wildman–Crippen MR) is 212 cm³/mol. The van der Waals surface area contributed by atoms with Gasteiger partial charge in [-0.15, -0.1) is 0 Å². The van der Waals surface area contributed by atoms with Crippen LogP contribution in [0.2, 0.25) is 0 Å². The lowest BCUT2D eigenvalue weighted by Crippen LogP contribution is -2.10. The molecule has 0 spiro atoms. The molecule has 0 aliphatic carbocycles. The number of anilines is 3. The number of benzene rings is 8. The molecule has 0 atom stereocenters. The maximum atomic E-state index is 2.40. The lowest BCUT2D eigenvalue weighted by atomic mass is 9.99. The third-order valence-electron chi connectivity index (χ3n) is 9.60. The second-order valence-electron chi connectivity index (χ2n) is 12.6. The maximum absolute atomic E-state index is 2.40. The molecule has 0 unspecified atom stereocenters. The average molecular weight is 639 g/mol. The summed E-state index contributed by atoms with van der Waals surface area (Å²) in [7, 11) is 0. The number of fused-ring (bicyclic) bond motifs is 3. The minimum absolute atomic E-state index is 1.10. The van der Waals surface area contributed by atoms with E-state index in [4.69, 9.17) is 0 Å². The summed E-state index contributed by atoms with van der Waals surface area (Å²) in [5.41, 5.74) is 14.1. The molecule has 0 aliphatic rings. The first-order valence-corrected chi connectivity index (χ1v) is 17.1. The highest BCUT2D eigenvalue weighted by molar-refractivity contribution is 6.16. The van der Waals surface area contributed by atoms with Gasteiger partial charge in [0.1, 0.15) is 0 Å². The predicted octanol–water partition coefficient (Wildman–Crippen LogP) is 13.3. The van der Waals surface area contributed by atoms with E-state index in [0.717, 1.165) is 22.7 Å². The Hall–Kier alpha value is -6.64. The van der Waals surface area contributed by atoms with E-state index < -0.39 is 0 Å². The Balaban J connectivity index is 1.26. The minimum atomic E-state index is 1.10. The first-order chi connectivity index (χ1) is 24.8. The molecule has 9 rings (SSSR count). The van der Waals surface area contributed by atoms with Crippen molar-refractivity contribution in [3.8, 4) is 39.1 Å². The van der Waals surface area contributed by atoms with Crippen molar-refractivity contribution in [2.75, 3.05) is 4.90 Å². The molecule has 236 valence electrons. The second kappa shape index (κ2) is 12.8. The average Bonchev–Trinajstić information content (AvgIpc) is 3.54. The molecule has 0 bridgehead atoms. The van der Waals surface area contributed by atoms with Crippen molar-refractivity contribution < 1.29 is 0 Å². The van der Waals surface area contributed by atoms with Crippen LogP contribution < -0.4 is 4.90 Å². The largest absolute Gasteiger partial charge is 0.310 e. The van der Waals surface area contributed by atoms with E-state index in [2.05, 4.69) is 216 Å². The van der Waals surface area contributed by atoms with Crippen LogP contribution in [0.1, 0.15) is 0 Å². The molecular formula is C48H34N2. The minimum Gasteiger partial charge on any atom is -0.310 e. The fraction of sp³-hybridized carbons (Fsp3) is 0. The molecule has 0 radical (unpaired) electrons. The van der Waals surface area contributed by atoms with Gasteiger partial charge in [-0.2, -0.15) is 0 Å². The Kier molecular flexibility index (Phi) is 7.53. The fourth-order valence-corrected chi connectivity index (χ4v) is 7.23. The Bertz CT molecular complexity index is 2450. The molecule has 50 heavy (non-hydrogen) atoms. The zero-order valence-corrected chi connectivity index (χ0v) is 27.5. The molecule has 2 nitrogen and oxygen atoms in total. The van der Waals surface area contributed by atoms with Crippen LogP contribution in [-0.2, 0) is 0 Å². The van der Waals surface area contributed by atoms with E-state index >= 15 is 0 Å². The summed E-state index contributed by atoms with van der Waals surface area (Å²) in [4.78, 5) is 2.37. The molecule has 1 aromatic heterocycles. The van der Waals surface area contributed by atoms with Crippen LogP contribution in [0.25, 0.3) is 60.9 Å². The van der Waals surface area contributed by atoms with Crippen LogP contribution in [0, 0.1) is 0 Å². The highest BCUT2D eigenvalue weighted by Gasteiger charge is 2.20. The van der Waals surface area contributed by atoms with Crippen LogP contribution in [0.5, 0.6) is 0 Å². The number of para-hydroxylation sites is 1.